The first-order valence-electron chi connectivity index (χ1n) is 19.2. The minimum atomic E-state index is -4.40. The average Bonchev–Trinajstić information content (AvgIpc) is 4.01. The minimum absolute atomic E-state index is 0.0360. The van der Waals surface area contributed by atoms with Crippen molar-refractivity contribution in [2.24, 2.45) is 22.7 Å². The zero-order valence-electron chi connectivity index (χ0n) is 32.7. The van der Waals surface area contributed by atoms with E-state index >= 15 is 0 Å². The summed E-state index contributed by atoms with van der Waals surface area (Å²) in [6, 6.07) is 6.56. The molecule has 0 bridgehead atoms. The number of hydrogen-bond acceptors (Lipinski definition) is 11. The van der Waals surface area contributed by atoms with Gasteiger partial charge >= 0.3 is 16.3 Å². The van der Waals surface area contributed by atoms with Crippen LogP contribution in [-0.2, 0) is 38.4 Å². The van der Waals surface area contributed by atoms with Gasteiger partial charge in [0.25, 0.3) is 0 Å². The summed E-state index contributed by atoms with van der Waals surface area (Å²) in [5.41, 5.74) is -3.54. The lowest BCUT2D eigenvalue weighted by atomic mass is 9.77. The number of ether oxygens (including phenoxy) is 3. The lowest BCUT2D eigenvalue weighted by Crippen LogP contribution is -2.49. The van der Waals surface area contributed by atoms with Crippen LogP contribution < -0.4 is 14.2 Å². The molecule has 1 aromatic heterocycles. The number of benzene rings is 1. The summed E-state index contributed by atoms with van der Waals surface area (Å²) in [6.07, 6.45) is 4.94. The lowest BCUT2D eigenvalue weighted by molar-refractivity contribution is -0.161. The number of carbonyl (C=O) groups excluding carboxylic acids is 4. The fraction of sp³-hybridized carbons (Fsp3) is 0.675. The molecule has 296 valence electrons. The Labute approximate surface area is 318 Å². The predicted octanol–water partition coefficient (Wildman–Crippen LogP) is 5.82. The van der Waals surface area contributed by atoms with E-state index in [4.69, 9.17) is 18.4 Å². The molecule has 1 aromatic carbocycles. The monoisotopic (exact) mass is 769 g/mol. The highest BCUT2D eigenvalue weighted by molar-refractivity contribution is 7.85. The van der Waals surface area contributed by atoms with E-state index < -0.39 is 68.2 Å². The van der Waals surface area contributed by atoms with Crippen molar-refractivity contribution in [3.63, 3.8) is 0 Å². The molecule has 54 heavy (non-hydrogen) atoms. The number of nitrogens with zero attached hydrogens (tertiary/aromatic N) is 2. The van der Waals surface area contributed by atoms with Crippen LogP contribution in [-0.4, -0.2) is 77.9 Å². The second kappa shape index (κ2) is 14.4. The Kier molecular flexibility index (Phi) is 10.6. The van der Waals surface area contributed by atoms with Gasteiger partial charge in [-0.3, -0.25) is 19.2 Å². The number of nitrogens with one attached hydrogen (secondary N) is 1. The van der Waals surface area contributed by atoms with Crippen molar-refractivity contribution in [2.75, 3.05) is 6.54 Å². The van der Waals surface area contributed by atoms with Crippen LogP contribution >= 0.6 is 0 Å². The van der Waals surface area contributed by atoms with Gasteiger partial charge < -0.3 is 19.1 Å². The molecular weight excluding hydrogens is 715 g/mol. The molecule has 0 spiro atoms. The molecule has 6 rings (SSSR count). The SMILES string of the molecule is CC[C@@H]1C[C@]1(CC(=O)[C@@H]1C[C@@H](Oc2nccc3cc(OC4CC4)ccc23)CN1C(=O)[C@@H](CC(=O)OC(C)(C)C)C(C)(C)C)C(=O)NS(=O)(=O)OC1(C)CC1. The Morgan fingerprint density at radius 1 is 1.02 bits per heavy atom. The number of pyridine rings is 1. The highest BCUT2D eigenvalue weighted by Crippen LogP contribution is 2.58. The number of Topliss-reactive ketones (excluding diaryl/α,β-unsaturated/α-hetero) is 1. The summed E-state index contributed by atoms with van der Waals surface area (Å²) in [5, 5.41) is 1.61. The summed E-state index contributed by atoms with van der Waals surface area (Å²) in [6.45, 7) is 14.5. The van der Waals surface area contributed by atoms with Crippen molar-refractivity contribution in [3.05, 3.63) is 30.5 Å². The van der Waals surface area contributed by atoms with Crippen molar-refractivity contribution in [3.8, 4) is 11.6 Å². The van der Waals surface area contributed by atoms with E-state index in [-0.39, 0.29) is 43.6 Å². The van der Waals surface area contributed by atoms with Gasteiger partial charge in [0.2, 0.25) is 17.7 Å². The molecule has 13 nitrogen and oxygen atoms in total. The topological polar surface area (TPSA) is 168 Å². The molecule has 1 N–H and O–H groups in total. The number of amides is 2. The maximum absolute atomic E-state index is 14.6. The zero-order valence-corrected chi connectivity index (χ0v) is 33.5. The largest absolute Gasteiger partial charge is 0.490 e. The second-order valence-corrected chi connectivity index (χ2v) is 19.3. The molecule has 2 heterocycles. The van der Waals surface area contributed by atoms with E-state index in [1.807, 2.05) is 52.0 Å². The Hall–Kier alpha value is -3.78. The van der Waals surface area contributed by atoms with Crippen molar-refractivity contribution in [1.29, 1.82) is 0 Å². The Morgan fingerprint density at radius 2 is 1.72 bits per heavy atom. The Morgan fingerprint density at radius 3 is 2.31 bits per heavy atom. The molecule has 0 unspecified atom stereocenters. The molecule has 2 amide bonds. The van der Waals surface area contributed by atoms with E-state index in [1.54, 1.807) is 33.9 Å². The fourth-order valence-electron chi connectivity index (χ4n) is 7.46. The normalized spacial score (nSPS) is 25.5. The molecule has 5 atom stereocenters. The molecule has 2 aromatic rings. The van der Waals surface area contributed by atoms with E-state index in [1.165, 1.54) is 4.90 Å². The number of likely N-dealkylation sites (tertiary alicyclic amines) is 1. The van der Waals surface area contributed by atoms with Gasteiger partial charge in [0.15, 0.2) is 5.78 Å². The lowest BCUT2D eigenvalue weighted by Gasteiger charge is -2.35. The number of aromatic nitrogens is 1. The molecule has 3 aliphatic carbocycles. The summed E-state index contributed by atoms with van der Waals surface area (Å²) in [7, 11) is -4.40. The second-order valence-electron chi connectivity index (χ2n) is 18.0. The molecule has 4 fully saturated rings. The van der Waals surface area contributed by atoms with Crippen LogP contribution in [0.2, 0.25) is 0 Å². The zero-order chi connectivity index (χ0) is 39.4. The minimum Gasteiger partial charge on any atom is -0.490 e. The standard InChI is InChI=1S/C40H55N3O10S/c1-9-25-21-40(25,36(47)42-54(48,49)53-39(8)15-16-39)22-32(44)31-19-28(23-43(31)35(46)30(37(2,3)4)20-33(45)52-38(5,6)7)51-34-29-13-12-27(50-26-10-11-26)18-24(29)14-17-41-34/h12-14,17-18,25-26,28,30-31H,9-11,15-16,19-23H2,1-8H3,(H,42,47)/t25-,28-,30-,31+,40-/m1/s1. The van der Waals surface area contributed by atoms with E-state index in [9.17, 15) is 27.6 Å². The number of ketones is 1. The molecule has 1 aliphatic heterocycles. The van der Waals surface area contributed by atoms with Crippen molar-refractivity contribution in [1.82, 2.24) is 14.6 Å². The van der Waals surface area contributed by atoms with Crippen molar-refractivity contribution >= 4 is 44.6 Å². The maximum atomic E-state index is 14.6. The van der Waals surface area contributed by atoms with Gasteiger partial charge in [0, 0.05) is 24.4 Å². The number of hydrogen-bond donors (Lipinski definition) is 1. The van der Waals surface area contributed by atoms with Crippen molar-refractivity contribution in [2.45, 2.75) is 143 Å². The first kappa shape index (κ1) is 39.9. The van der Waals surface area contributed by atoms with Crippen LogP contribution in [0.3, 0.4) is 0 Å². The van der Waals surface area contributed by atoms with Crippen LogP contribution in [0.25, 0.3) is 10.8 Å². The fourth-order valence-corrected chi connectivity index (χ4v) is 8.63. The number of fused-ring (bicyclic) bond motifs is 1. The molecule has 14 heteroatoms. The summed E-state index contributed by atoms with van der Waals surface area (Å²) < 4.78 is 51.0. The third kappa shape index (κ3) is 9.35. The molecule has 4 aliphatic rings. The first-order valence-corrected chi connectivity index (χ1v) is 20.6. The predicted molar refractivity (Wildman–Crippen MR) is 200 cm³/mol. The van der Waals surface area contributed by atoms with Gasteiger partial charge in [-0.25, -0.2) is 13.9 Å². The van der Waals surface area contributed by atoms with Gasteiger partial charge in [0.1, 0.15) is 17.5 Å². The van der Waals surface area contributed by atoms with E-state index in [0.717, 1.165) is 29.4 Å². The third-order valence-electron chi connectivity index (χ3n) is 11.0. The number of esters is 1. The van der Waals surface area contributed by atoms with Crippen LogP contribution in [0.5, 0.6) is 11.6 Å². The van der Waals surface area contributed by atoms with Gasteiger partial charge in [-0.2, -0.15) is 8.42 Å². The van der Waals surface area contributed by atoms with Gasteiger partial charge in [-0.15, -0.1) is 0 Å². The highest BCUT2D eigenvalue weighted by Gasteiger charge is 2.62. The number of carbonyl (C=O) groups is 4. The summed E-state index contributed by atoms with van der Waals surface area (Å²) >= 11 is 0. The molecular formula is C40H55N3O10S. The average molecular weight is 770 g/mol. The Bertz CT molecular complexity index is 1910. The smallest absolute Gasteiger partial charge is 0.362 e. The van der Waals surface area contributed by atoms with Gasteiger partial charge in [0.05, 0.1) is 42.0 Å². The van der Waals surface area contributed by atoms with Gasteiger partial charge in [-0.1, -0.05) is 34.1 Å². The van der Waals surface area contributed by atoms with Crippen molar-refractivity contribution < 1.29 is 46.0 Å². The molecule has 1 saturated heterocycles. The van der Waals surface area contributed by atoms with E-state index in [0.29, 0.717) is 31.6 Å². The van der Waals surface area contributed by atoms with Gasteiger partial charge in [-0.05, 0) is 101 Å². The van der Waals surface area contributed by atoms with Crippen LogP contribution in [0, 0.1) is 22.7 Å². The van der Waals surface area contributed by atoms with E-state index in [2.05, 4.69) is 9.71 Å². The van der Waals surface area contributed by atoms with Crippen LogP contribution in [0.4, 0.5) is 0 Å². The molecule has 0 radical (unpaired) electrons. The number of rotatable bonds is 15. The summed E-state index contributed by atoms with van der Waals surface area (Å²) in [5.74, 6) is -2.06. The molecule has 3 saturated carbocycles. The maximum Gasteiger partial charge on any atom is 0.362 e. The third-order valence-corrected chi connectivity index (χ3v) is 12.1. The first-order chi connectivity index (χ1) is 25.1. The van der Waals surface area contributed by atoms with Crippen LogP contribution in [0.15, 0.2) is 30.5 Å². The quantitative estimate of drug-likeness (QED) is 0.217. The summed E-state index contributed by atoms with van der Waals surface area (Å²) in [4.78, 5) is 61.9. The Balaban J connectivity index is 1.26. The highest BCUT2D eigenvalue weighted by atomic mass is 32.2. The van der Waals surface area contributed by atoms with Crippen LogP contribution in [0.1, 0.15) is 113 Å².